The molecule has 6 nitrogen and oxygen atoms in total. The Morgan fingerprint density at radius 2 is 1.51 bits per heavy atom. The number of nitrogens with one attached hydrogen (secondary N) is 2. The molecule has 192 valence electrons. The fourth-order valence-electron chi connectivity index (χ4n) is 4.05. The number of carbonyl (C=O) groups excluding carboxylic acids is 2. The first-order chi connectivity index (χ1) is 18.9. The highest BCUT2D eigenvalue weighted by molar-refractivity contribution is 6.35. The molecule has 2 N–H and O–H groups in total. The van der Waals surface area contributed by atoms with E-state index in [-0.39, 0.29) is 11.8 Å². The van der Waals surface area contributed by atoms with Crippen LogP contribution in [0.5, 0.6) is 0 Å². The summed E-state index contributed by atoms with van der Waals surface area (Å²) in [6.07, 6.45) is 0. The number of hydrogen-bond donors (Lipinski definition) is 2. The molecule has 0 aliphatic rings. The molecule has 2 amide bonds. The van der Waals surface area contributed by atoms with Gasteiger partial charge >= 0.3 is 0 Å². The van der Waals surface area contributed by atoms with Crippen LogP contribution in [0.2, 0.25) is 10.0 Å². The molecular formula is C31H22Cl2N4O2. The lowest BCUT2D eigenvalue weighted by atomic mass is 10.0. The van der Waals surface area contributed by atoms with Crippen molar-refractivity contribution < 1.29 is 9.59 Å². The summed E-state index contributed by atoms with van der Waals surface area (Å²) in [5, 5.41) is 8.73. The first kappa shape index (κ1) is 26.1. The summed E-state index contributed by atoms with van der Waals surface area (Å²) in [4.78, 5) is 30.4. The molecule has 5 aromatic rings. The number of anilines is 1. The van der Waals surface area contributed by atoms with Crippen molar-refractivity contribution in [1.82, 2.24) is 10.4 Å². The molecular weight excluding hydrogens is 531 g/mol. The smallest absolute Gasteiger partial charge is 0.272 e. The van der Waals surface area contributed by atoms with Crippen LogP contribution in [-0.4, -0.2) is 22.5 Å². The van der Waals surface area contributed by atoms with Gasteiger partial charge in [-0.15, -0.1) is 0 Å². The fourth-order valence-corrected chi connectivity index (χ4v) is 4.45. The maximum absolute atomic E-state index is 13.3. The number of fused-ring (bicyclic) bond motifs is 1. The van der Waals surface area contributed by atoms with E-state index in [9.17, 15) is 9.59 Å². The molecule has 4 aromatic carbocycles. The highest BCUT2D eigenvalue weighted by atomic mass is 35.5. The highest BCUT2D eigenvalue weighted by Gasteiger charge is 2.16. The molecule has 0 bridgehead atoms. The number of hydrogen-bond acceptors (Lipinski definition) is 4. The fraction of sp³-hybridized carbons (Fsp3) is 0.0323. The monoisotopic (exact) mass is 552 g/mol. The molecule has 0 fully saturated rings. The Morgan fingerprint density at radius 3 is 2.26 bits per heavy atom. The minimum absolute atomic E-state index is 0.262. The molecule has 0 saturated carbocycles. The number of rotatable bonds is 6. The summed E-state index contributed by atoms with van der Waals surface area (Å²) < 4.78 is 0. The van der Waals surface area contributed by atoms with Crippen LogP contribution >= 0.6 is 23.2 Å². The third-order valence-corrected chi connectivity index (χ3v) is 6.62. The normalized spacial score (nSPS) is 11.3. The van der Waals surface area contributed by atoms with Crippen molar-refractivity contribution in [2.75, 3.05) is 5.32 Å². The van der Waals surface area contributed by atoms with Gasteiger partial charge < -0.3 is 5.32 Å². The molecule has 0 spiro atoms. The van der Waals surface area contributed by atoms with Gasteiger partial charge in [-0.3, -0.25) is 9.59 Å². The van der Waals surface area contributed by atoms with E-state index in [1.54, 1.807) is 61.5 Å². The van der Waals surface area contributed by atoms with Crippen molar-refractivity contribution >= 4 is 57.3 Å². The third kappa shape index (κ3) is 5.98. The van der Waals surface area contributed by atoms with E-state index < -0.39 is 0 Å². The molecule has 5 rings (SSSR count). The largest absolute Gasteiger partial charge is 0.322 e. The van der Waals surface area contributed by atoms with Gasteiger partial charge in [0.05, 0.1) is 27.5 Å². The standard InChI is InChI=1S/C31H22Cl2N4O2/c1-19(20-13-15-24(16-14-20)34-30(38)22-9-5-10-23(32)17-22)36-37-31(39)26-18-28(21-7-3-2-4-8-21)35-29-25(26)11-6-12-27(29)33/h2-18H,1H3,(H,34,38)(H,37,39)/b36-19-. The van der Waals surface area contributed by atoms with E-state index >= 15 is 0 Å². The van der Waals surface area contributed by atoms with Gasteiger partial charge in [-0.25, -0.2) is 10.4 Å². The number of nitrogens with zero attached hydrogens (tertiary/aromatic N) is 2. The molecule has 1 heterocycles. The zero-order valence-corrected chi connectivity index (χ0v) is 22.3. The van der Waals surface area contributed by atoms with Crippen LogP contribution in [0, 0.1) is 0 Å². The number of para-hydroxylation sites is 1. The molecule has 8 heteroatoms. The number of benzene rings is 4. The Morgan fingerprint density at radius 1 is 0.769 bits per heavy atom. The van der Waals surface area contributed by atoms with Crippen LogP contribution in [0.25, 0.3) is 22.2 Å². The molecule has 0 aliphatic heterocycles. The number of hydrazone groups is 1. The lowest BCUT2D eigenvalue weighted by Crippen LogP contribution is -2.20. The summed E-state index contributed by atoms with van der Waals surface area (Å²) >= 11 is 12.4. The predicted octanol–water partition coefficient (Wildman–Crippen LogP) is 7.61. The van der Waals surface area contributed by atoms with Crippen LogP contribution in [-0.2, 0) is 0 Å². The van der Waals surface area contributed by atoms with Crippen LogP contribution in [0.1, 0.15) is 33.2 Å². The molecule has 0 aliphatic carbocycles. The summed E-state index contributed by atoms with van der Waals surface area (Å²) in [5.41, 5.74) is 7.58. The van der Waals surface area contributed by atoms with Gasteiger partial charge in [0.2, 0.25) is 0 Å². The van der Waals surface area contributed by atoms with Crippen LogP contribution in [0.15, 0.2) is 108 Å². The Hall–Kier alpha value is -4.52. The Labute approximate surface area is 235 Å². The lowest BCUT2D eigenvalue weighted by Gasteiger charge is -2.11. The summed E-state index contributed by atoms with van der Waals surface area (Å²) in [5.74, 6) is -0.644. The van der Waals surface area contributed by atoms with Gasteiger partial charge in [0.1, 0.15) is 0 Å². The number of pyridine rings is 1. The maximum Gasteiger partial charge on any atom is 0.272 e. The molecule has 1 aromatic heterocycles. The Bertz CT molecular complexity index is 1720. The lowest BCUT2D eigenvalue weighted by molar-refractivity contribution is 0.0955. The van der Waals surface area contributed by atoms with Gasteiger partial charge in [-0.1, -0.05) is 83.9 Å². The second kappa shape index (κ2) is 11.5. The van der Waals surface area contributed by atoms with Crippen LogP contribution < -0.4 is 10.7 Å². The molecule has 39 heavy (non-hydrogen) atoms. The van der Waals surface area contributed by atoms with Crippen molar-refractivity contribution in [3.63, 3.8) is 0 Å². The van der Waals surface area contributed by atoms with Gasteiger partial charge in [-0.05, 0) is 55.0 Å². The van der Waals surface area contributed by atoms with Crippen LogP contribution in [0.4, 0.5) is 5.69 Å². The quantitative estimate of drug-likeness (QED) is 0.168. The minimum atomic E-state index is -0.383. The van der Waals surface area contributed by atoms with Crippen molar-refractivity contribution in [1.29, 1.82) is 0 Å². The van der Waals surface area contributed by atoms with Crippen LogP contribution in [0.3, 0.4) is 0 Å². The topological polar surface area (TPSA) is 83.4 Å². The molecule has 0 unspecified atom stereocenters. The Balaban J connectivity index is 1.35. The highest BCUT2D eigenvalue weighted by Crippen LogP contribution is 2.29. The first-order valence-corrected chi connectivity index (χ1v) is 12.8. The van der Waals surface area contributed by atoms with Crippen molar-refractivity contribution in [2.24, 2.45) is 5.10 Å². The van der Waals surface area contributed by atoms with Crippen molar-refractivity contribution in [2.45, 2.75) is 6.92 Å². The number of aromatic nitrogens is 1. The summed E-state index contributed by atoms with van der Waals surface area (Å²) in [6.45, 7) is 1.79. The summed E-state index contributed by atoms with van der Waals surface area (Å²) in [7, 11) is 0. The van der Waals surface area contributed by atoms with E-state index in [1.165, 1.54) is 0 Å². The molecule has 0 radical (unpaired) electrons. The third-order valence-electron chi connectivity index (χ3n) is 6.08. The summed E-state index contributed by atoms with van der Waals surface area (Å²) in [6, 6.07) is 30.6. The van der Waals surface area contributed by atoms with E-state index in [0.29, 0.717) is 49.2 Å². The average molecular weight is 553 g/mol. The zero-order valence-electron chi connectivity index (χ0n) is 20.8. The number of carbonyl (C=O) groups is 2. The molecule has 0 saturated heterocycles. The first-order valence-electron chi connectivity index (χ1n) is 12.1. The van der Waals surface area contributed by atoms with Gasteiger partial charge in [0.25, 0.3) is 11.8 Å². The van der Waals surface area contributed by atoms with E-state index in [1.807, 2.05) is 48.5 Å². The second-order valence-corrected chi connectivity index (χ2v) is 9.58. The predicted molar refractivity (Wildman–Crippen MR) is 158 cm³/mol. The van der Waals surface area contributed by atoms with Crippen molar-refractivity contribution in [3.8, 4) is 11.3 Å². The van der Waals surface area contributed by atoms with E-state index in [0.717, 1.165) is 11.1 Å². The zero-order chi connectivity index (χ0) is 27.4. The minimum Gasteiger partial charge on any atom is -0.322 e. The van der Waals surface area contributed by atoms with Gasteiger partial charge in [0.15, 0.2) is 0 Å². The van der Waals surface area contributed by atoms with Gasteiger partial charge in [0, 0.05) is 27.2 Å². The Kier molecular flexibility index (Phi) is 7.68. The van der Waals surface area contributed by atoms with E-state index in [4.69, 9.17) is 28.2 Å². The number of amides is 2. The maximum atomic E-state index is 13.3. The average Bonchev–Trinajstić information content (AvgIpc) is 2.96. The van der Waals surface area contributed by atoms with Gasteiger partial charge in [-0.2, -0.15) is 5.10 Å². The van der Waals surface area contributed by atoms with Crippen molar-refractivity contribution in [3.05, 3.63) is 130 Å². The van der Waals surface area contributed by atoms with E-state index in [2.05, 4.69) is 15.8 Å². The number of halogens is 2. The SMILES string of the molecule is C/C(=N/NC(=O)c1cc(-c2ccccc2)nc2c(Cl)cccc12)c1ccc(NC(=O)c2cccc(Cl)c2)cc1. The second-order valence-electron chi connectivity index (χ2n) is 8.74. The molecule has 0 atom stereocenters.